The number of hydrogen-bond donors (Lipinski definition) is 2. The first-order valence-corrected chi connectivity index (χ1v) is 4.96. The molecule has 1 aromatic heterocycles. The van der Waals surface area contributed by atoms with Crippen molar-refractivity contribution < 1.29 is 14.6 Å². The fourth-order valence-corrected chi connectivity index (χ4v) is 1.86. The summed E-state index contributed by atoms with van der Waals surface area (Å²) in [6, 6.07) is 0. The molecule has 14 heavy (non-hydrogen) atoms. The number of hydrogen-bond acceptors (Lipinski definition) is 5. The van der Waals surface area contributed by atoms with Crippen LogP contribution in [0.2, 0.25) is 0 Å². The average Bonchev–Trinajstić information content (AvgIpc) is 2.49. The molecule has 0 radical (unpaired) electrons. The number of ether oxygens (including phenoxy) is 1. The van der Waals surface area contributed by atoms with Gasteiger partial charge in [0, 0.05) is 13.7 Å². The minimum Gasteiger partial charge on any atom is -0.477 e. The Morgan fingerprint density at radius 3 is 2.93 bits per heavy atom. The molecule has 78 valence electrons. The Labute approximate surface area is 85.7 Å². The molecule has 0 aliphatic heterocycles. The lowest BCUT2D eigenvalue weighted by Gasteiger charge is -1.95. The summed E-state index contributed by atoms with van der Waals surface area (Å²) >= 11 is 1.13. The van der Waals surface area contributed by atoms with Crippen molar-refractivity contribution in [1.29, 1.82) is 0 Å². The first-order valence-electron chi connectivity index (χ1n) is 4.14. The quantitative estimate of drug-likeness (QED) is 0.778. The van der Waals surface area contributed by atoms with Crippen LogP contribution < -0.4 is 5.32 Å². The lowest BCUT2D eigenvalue weighted by atomic mass is 10.4. The molecule has 0 spiro atoms. The maximum Gasteiger partial charge on any atom is 0.347 e. The average molecular weight is 216 g/mol. The second-order valence-electron chi connectivity index (χ2n) is 2.56. The van der Waals surface area contributed by atoms with E-state index in [0.717, 1.165) is 17.9 Å². The Hall–Kier alpha value is -1.14. The van der Waals surface area contributed by atoms with Gasteiger partial charge in [-0.3, -0.25) is 0 Å². The molecule has 5 nitrogen and oxygen atoms in total. The lowest BCUT2D eigenvalue weighted by molar-refractivity contribution is 0.0697. The van der Waals surface area contributed by atoms with Crippen molar-refractivity contribution in [2.75, 3.05) is 19.0 Å². The van der Waals surface area contributed by atoms with E-state index in [9.17, 15) is 4.79 Å². The summed E-state index contributed by atoms with van der Waals surface area (Å²) in [5, 5.41) is 12.5. The van der Waals surface area contributed by atoms with Crippen LogP contribution in [0.3, 0.4) is 0 Å². The Morgan fingerprint density at radius 2 is 2.43 bits per heavy atom. The highest BCUT2D eigenvalue weighted by molar-refractivity contribution is 7.17. The summed E-state index contributed by atoms with van der Waals surface area (Å²) < 4.78 is 4.86. The third-order valence-corrected chi connectivity index (χ3v) is 2.54. The Balaban J connectivity index is 2.93. The first-order chi connectivity index (χ1) is 6.69. The molecule has 0 bridgehead atoms. The number of nitrogens with zero attached hydrogens (tertiary/aromatic N) is 1. The van der Waals surface area contributed by atoms with Gasteiger partial charge in [0.15, 0.2) is 5.13 Å². The van der Waals surface area contributed by atoms with Crippen LogP contribution in [0.4, 0.5) is 5.13 Å². The molecule has 0 aliphatic carbocycles. The van der Waals surface area contributed by atoms with Crippen LogP contribution in [0.1, 0.15) is 22.3 Å². The zero-order chi connectivity index (χ0) is 10.6. The van der Waals surface area contributed by atoms with Crippen molar-refractivity contribution in [3.63, 3.8) is 0 Å². The van der Waals surface area contributed by atoms with E-state index in [1.807, 2.05) is 6.92 Å². The summed E-state index contributed by atoms with van der Waals surface area (Å²) in [4.78, 5) is 15.2. The standard InChI is InChI=1S/C8H12N2O3S/c1-3-9-8-10-5(4-13-2)6(14-8)7(11)12/h3-4H2,1-2H3,(H,9,10)(H,11,12). The van der Waals surface area contributed by atoms with Crippen molar-refractivity contribution in [3.8, 4) is 0 Å². The highest BCUT2D eigenvalue weighted by Crippen LogP contribution is 2.23. The van der Waals surface area contributed by atoms with E-state index >= 15 is 0 Å². The minimum absolute atomic E-state index is 0.226. The molecule has 0 aliphatic rings. The Kier molecular flexibility index (Phi) is 3.84. The van der Waals surface area contributed by atoms with E-state index in [-0.39, 0.29) is 11.5 Å². The summed E-state index contributed by atoms with van der Waals surface area (Å²) in [7, 11) is 1.51. The second-order valence-corrected chi connectivity index (χ2v) is 3.56. The van der Waals surface area contributed by atoms with Crippen LogP contribution in [0.15, 0.2) is 0 Å². The topological polar surface area (TPSA) is 71.5 Å². The molecule has 0 atom stereocenters. The molecule has 0 saturated carbocycles. The molecule has 6 heteroatoms. The zero-order valence-corrected chi connectivity index (χ0v) is 8.85. The number of nitrogens with one attached hydrogen (secondary N) is 1. The number of aromatic carboxylic acids is 1. The number of methoxy groups -OCH3 is 1. The minimum atomic E-state index is -0.960. The number of thiazole rings is 1. The van der Waals surface area contributed by atoms with E-state index in [1.165, 1.54) is 7.11 Å². The molecule has 0 amide bonds. The normalized spacial score (nSPS) is 10.1. The largest absolute Gasteiger partial charge is 0.477 e. The predicted molar refractivity (Wildman–Crippen MR) is 54.0 cm³/mol. The van der Waals surface area contributed by atoms with Gasteiger partial charge in [0.1, 0.15) is 4.88 Å². The molecule has 1 rings (SSSR count). The molecule has 0 unspecified atom stereocenters. The van der Waals surface area contributed by atoms with Gasteiger partial charge in [-0.1, -0.05) is 11.3 Å². The van der Waals surface area contributed by atoms with Crippen molar-refractivity contribution >= 4 is 22.4 Å². The van der Waals surface area contributed by atoms with Gasteiger partial charge in [-0.25, -0.2) is 9.78 Å². The number of rotatable bonds is 5. The fourth-order valence-electron chi connectivity index (χ4n) is 0.980. The van der Waals surface area contributed by atoms with Crippen molar-refractivity contribution in [2.45, 2.75) is 13.5 Å². The van der Waals surface area contributed by atoms with Gasteiger partial charge < -0.3 is 15.2 Å². The molecular formula is C8H12N2O3S. The summed E-state index contributed by atoms with van der Waals surface area (Å²) in [6.45, 7) is 2.88. The van der Waals surface area contributed by atoms with Crippen LogP contribution in [0, 0.1) is 0 Å². The van der Waals surface area contributed by atoms with E-state index in [0.29, 0.717) is 10.8 Å². The van der Waals surface area contributed by atoms with Gasteiger partial charge in [0.2, 0.25) is 0 Å². The van der Waals surface area contributed by atoms with Gasteiger partial charge in [0.25, 0.3) is 0 Å². The van der Waals surface area contributed by atoms with E-state index in [1.54, 1.807) is 0 Å². The first kappa shape index (κ1) is 10.9. The number of anilines is 1. The second kappa shape index (κ2) is 4.92. The molecule has 1 aromatic rings. The van der Waals surface area contributed by atoms with Crippen LogP contribution in [-0.4, -0.2) is 29.7 Å². The third kappa shape index (κ3) is 2.43. The van der Waals surface area contributed by atoms with Crippen molar-refractivity contribution in [2.24, 2.45) is 0 Å². The number of aromatic nitrogens is 1. The van der Waals surface area contributed by atoms with Gasteiger partial charge in [-0.2, -0.15) is 0 Å². The van der Waals surface area contributed by atoms with Crippen molar-refractivity contribution in [3.05, 3.63) is 10.6 Å². The highest BCUT2D eigenvalue weighted by Gasteiger charge is 2.16. The van der Waals surface area contributed by atoms with E-state index in [4.69, 9.17) is 9.84 Å². The van der Waals surface area contributed by atoms with Gasteiger partial charge in [0.05, 0.1) is 12.3 Å². The van der Waals surface area contributed by atoms with Gasteiger partial charge in [-0.05, 0) is 6.92 Å². The lowest BCUT2D eigenvalue weighted by Crippen LogP contribution is -2.00. The smallest absolute Gasteiger partial charge is 0.347 e. The molecule has 1 heterocycles. The molecule has 2 N–H and O–H groups in total. The number of carboxylic acid groups (broad SMARTS) is 1. The molecular weight excluding hydrogens is 204 g/mol. The SMILES string of the molecule is CCNc1nc(COC)c(C(=O)O)s1. The summed E-state index contributed by atoms with van der Waals surface area (Å²) in [6.07, 6.45) is 0. The van der Waals surface area contributed by atoms with E-state index < -0.39 is 5.97 Å². The van der Waals surface area contributed by atoms with E-state index in [2.05, 4.69) is 10.3 Å². The molecule has 0 aromatic carbocycles. The zero-order valence-electron chi connectivity index (χ0n) is 8.03. The fraction of sp³-hybridized carbons (Fsp3) is 0.500. The number of carboxylic acids is 1. The van der Waals surface area contributed by atoms with Gasteiger partial charge >= 0.3 is 5.97 Å². The summed E-state index contributed by atoms with van der Waals surface area (Å²) in [5.41, 5.74) is 0.473. The summed E-state index contributed by atoms with van der Waals surface area (Å²) in [5.74, 6) is -0.960. The maximum atomic E-state index is 10.8. The Morgan fingerprint density at radius 1 is 1.71 bits per heavy atom. The third-order valence-electron chi connectivity index (χ3n) is 1.50. The predicted octanol–water partition coefficient (Wildman–Crippen LogP) is 1.42. The van der Waals surface area contributed by atoms with Crippen molar-refractivity contribution in [1.82, 2.24) is 4.98 Å². The Bertz CT molecular complexity index is 324. The van der Waals surface area contributed by atoms with Crippen LogP contribution in [-0.2, 0) is 11.3 Å². The van der Waals surface area contributed by atoms with Crippen LogP contribution >= 0.6 is 11.3 Å². The highest BCUT2D eigenvalue weighted by atomic mass is 32.1. The van der Waals surface area contributed by atoms with Gasteiger partial charge in [-0.15, -0.1) is 0 Å². The number of carbonyl (C=O) groups is 1. The monoisotopic (exact) mass is 216 g/mol. The van der Waals surface area contributed by atoms with Crippen LogP contribution in [0.25, 0.3) is 0 Å². The molecule has 0 saturated heterocycles. The molecule has 0 fully saturated rings. The maximum absolute atomic E-state index is 10.8. The van der Waals surface area contributed by atoms with Crippen LogP contribution in [0.5, 0.6) is 0 Å².